The summed E-state index contributed by atoms with van der Waals surface area (Å²) in [6.45, 7) is 7.64. The van der Waals surface area contributed by atoms with Crippen molar-refractivity contribution in [3.63, 3.8) is 0 Å². The van der Waals surface area contributed by atoms with Gasteiger partial charge in [-0.3, -0.25) is 4.79 Å². The first-order valence-corrected chi connectivity index (χ1v) is 7.17. The van der Waals surface area contributed by atoms with Gasteiger partial charge in [0.05, 0.1) is 19.1 Å². The third-order valence-electron chi connectivity index (χ3n) is 3.27. The minimum Gasteiger partial charge on any atom is -0.493 e. The molecule has 0 atom stereocenters. The van der Waals surface area contributed by atoms with E-state index in [1.807, 2.05) is 39.0 Å². The average Bonchev–Trinajstić information content (AvgIpc) is 2.47. The fourth-order valence-corrected chi connectivity index (χ4v) is 2.03. The third-order valence-corrected chi connectivity index (χ3v) is 3.27. The van der Waals surface area contributed by atoms with Gasteiger partial charge in [-0.15, -0.1) is 0 Å². The van der Waals surface area contributed by atoms with Crippen molar-refractivity contribution >= 4 is 5.91 Å². The van der Waals surface area contributed by atoms with E-state index in [2.05, 4.69) is 10.6 Å². The molecule has 0 unspecified atom stereocenters. The lowest BCUT2D eigenvalue weighted by atomic mass is 9.92. The number of nitrogens with one attached hydrogen (secondary N) is 2. The number of carbonyl (C=O) groups excluding carboxylic acids is 1. The van der Waals surface area contributed by atoms with Crippen molar-refractivity contribution in [1.29, 1.82) is 0 Å². The Balaban J connectivity index is 2.62. The average molecular weight is 294 g/mol. The maximum absolute atomic E-state index is 11.7. The summed E-state index contributed by atoms with van der Waals surface area (Å²) >= 11 is 0. The van der Waals surface area contributed by atoms with E-state index in [9.17, 15) is 4.79 Å². The predicted octanol–water partition coefficient (Wildman–Crippen LogP) is 1.96. The molecular formula is C16H26N2O3. The van der Waals surface area contributed by atoms with E-state index in [1.54, 1.807) is 14.2 Å². The van der Waals surface area contributed by atoms with Crippen molar-refractivity contribution in [2.24, 2.45) is 5.41 Å². The van der Waals surface area contributed by atoms with Crippen LogP contribution >= 0.6 is 0 Å². The van der Waals surface area contributed by atoms with Crippen LogP contribution in [0.15, 0.2) is 18.2 Å². The van der Waals surface area contributed by atoms with Crippen LogP contribution in [0.5, 0.6) is 11.5 Å². The Labute approximate surface area is 127 Å². The van der Waals surface area contributed by atoms with Gasteiger partial charge in [0, 0.05) is 20.1 Å². The summed E-state index contributed by atoms with van der Waals surface area (Å²) in [5.41, 5.74) is 0.646. The van der Waals surface area contributed by atoms with Crippen molar-refractivity contribution in [2.45, 2.75) is 27.3 Å². The highest BCUT2D eigenvalue weighted by Gasteiger charge is 2.25. The van der Waals surface area contributed by atoms with Crippen LogP contribution in [0.1, 0.15) is 26.3 Å². The van der Waals surface area contributed by atoms with Gasteiger partial charge in [-0.2, -0.15) is 0 Å². The second-order valence-corrected chi connectivity index (χ2v) is 5.48. The van der Waals surface area contributed by atoms with Crippen molar-refractivity contribution in [3.05, 3.63) is 23.8 Å². The minimum absolute atomic E-state index is 0.0271. The molecule has 1 aromatic rings. The van der Waals surface area contributed by atoms with Crippen LogP contribution in [0, 0.1) is 5.41 Å². The monoisotopic (exact) mass is 294 g/mol. The summed E-state index contributed by atoms with van der Waals surface area (Å²) in [6.07, 6.45) is 0. The van der Waals surface area contributed by atoms with Gasteiger partial charge < -0.3 is 20.1 Å². The molecule has 5 nitrogen and oxygen atoms in total. The maximum Gasteiger partial charge on any atom is 0.226 e. The molecule has 118 valence electrons. The number of rotatable bonds is 8. The molecule has 1 amide bonds. The Morgan fingerprint density at radius 1 is 1.29 bits per heavy atom. The van der Waals surface area contributed by atoms with E-state index in [1.165, 1.54) is 0 Å². The maximum atomic E-state index is 11.7. The molecule has 21 heavy (non-hydrogen) atoms. The zero-order valence-corrected chi connectivity index (χ0v) is 13.6. The molecule has 0 aliphatic carbocycles. The molecule has 0 aliphatic rings. The van der Waals surface area contributed by atoms with Gasteiger partial charge in [-0.1, -0.05) is 6.07 Å². The quantitative estimate of drug-likeness (QED) is 0.769. The van der Waals surface area contributed by atoms with Gasteiger partial charge in [0.25, 0.3) is 0 Å². The lowest BCUT2D eigenvalue weighted by molar-refractivity contribution is -0.128. The van der Waals surface area contributed by atoms with Crippen molar-refractivity contribution in [1.82, 2.24) is 10.6 Å². The van der Waals surface area contributed by atoms with Gasteiger partial charge in [0.15, 0.2) is 11.5 Å². The van der Waals surface area contributed by atoms with E-state index >= 15 is 0 Å². The third kappa shape index (κ3) is 4.93. The van der Waals surface area contributed by atoms with Crippen LogP contribution < -0.4 is 20.1 Å². The fraction of sp³-hybridized carbons (Fsp3) is 0.562. The minimum atomic E-state index is -0.440. The number of ether oxygens (including phenoxy) is 2. The van der Waals surface area contributed by atoms with Gasteiger partial charge in [-0.05, 0) is 38.5 Å². The van der Waals surface area contributed by atoms with Crippen LogP contribution in [0.4, 0.5) is 0 Å². The second-order valence-electron chi connectivity index (χ2n) is 5.48. The summed E-state index contributed by atoms with van der Waals surface area (Å²) in [5, 5.41) is 5.98. The molecular weight excluding hydrogens is 268 g/mol. The SMILES string of the molecule is CCOc1ccc(CNCC(C)(C)C(=O)NC)cc1OC. The molecule has 0 fully saturated rings. The smallest absolute Gasteiger partial charge is 0.226 e. The topological polar surface area (TPSA) is 59.6 Å². The molecule has 0 saturated heterocycles. The molecule has 0 aromatic heterocycles. The van der Waals surface area contributed by atoms with Gasteiger partial charge in [0.2, 0.25) is 5.91 Å². The standard InChI is InChI=1S/C16H26N2O3/c1-6-21-13-8-7-12(9-14(13)20-5)10-18-11-16(2,3)15(19)17-4/h7-9,18H,6,10-11H2,1-5H3,(H,17,19). The molecule has 0 bridgehead atoms. The molecule has 2 N–H and O–H groups in total. The lowest BCUT2D eigenvalue weighted by Gasteiger charge is -2.23. The Morgan fingerprint density at radius 2 is 2.00 bits per heavy atom. The Morgan fingerprint density at radius 3 is 2.57 bits per heavy atom. The van der Waals surface area contributed by atoms with Crippen LogP contribution in [-0.4, -0.2) is 33.2 Å². The highest BCUT2D eigenvalue weighted by Crippen LogP contribution is 2.28. The molecule has 0 heterocycles. The van der Waals surface area contributed by atoms with Crippen molar-refractivity contribution in [2.75, 3.05) is 27.3 Å². The molecule has 0 radical (unpaired) electrons. The van der Waals surface area contributed by atoms with Gasteiger partial charge in [0.1, 0.15) is 0 Å². The van der Waals surface area contributed by atoms with E-state index in [0.717, 1.165) is 17.1 Å². The highest BCUT2D eigenvalue weighted by molar-refractivity contribution is 5.81. The molecule has 0 aliphatic heterocycles. The molecule has 0 saturated carbocycles. The number of hydrogen-bond donors (Lipinski definition) is 2. The van der Waals surface area contributed by atoms with Crippen LogP contribution in [0.25, 0.3) is 0 Å². The van der Waals surface area contributed by atoms with Crippen molar-refractivity contribution < 1.29 is 14.3 Å². The summed E-state index contributed by atoms with van der Waals surface area (Å²) in [5.74, 6) is 1.50. The zero-order chi connectivity index (χ0) is 15.9. The van der Waals surface area contributed by atoms with E-state index < -0.39 is 5.41 Å². The number of carbonyl (C=O) groups is 1. The molecule has 0 spiro atoms. The number of benzene rings is 1. The first-order chi connectivity index (χ1) is 9.94. The van der Waals surface area contributed by atoms with Crippen molar-refractivity contribution in [3.8, 4) is 11.5 Å². The Hall–Kier alpha value is -1.75. The number of methoxy groups -OCH3 is 1. The number of hydrogen-bond acceptors (Lipinski definition) is 4. The Kier molecular flexibility index (Phi) is 6.49. The predicted molar refractivity (Wildman–Crippen MR) is 83.7 cm³/mol. The molecule has 5 heteroatoms. The summed E-state index contributed by atoms with van der Waals surface area (Å²) < 4.78 is 10.8. The largest absolute Gasteiger partial charge is 0.493 e. The van der Waals surface area contributed by atoms with Gasteiger partial charge >= 0.3 is 0 Å². The fourth-order valence-electron chi connectivity index (χ4n) is 2.03. The summed E-state index contributed by atoms with van der Waals surface area (Å²) in [7, 11) is 3.28. The molecule has 1 aromatic carbocycles. The summed E-state index contributed by atoms with van der Waals surface area (Å²) in [4.78, 5) is 11.7. The lowest BCUT2D eigenvalue weighted by Crippen LogP contribution is -2.41. The summed E-state index contributed by atoms with van der Waals surface area (Å²) in [6, 6.07) is 5.85. The first-order valence-electron chi connectivity index (χ1n) is 7.17. The molecule has 1 rings (SSSR count). The number of amides is 1. The van der Waals surface area contributed by atoms with E-state index in [4.69, 9.17) is 9.47 Å². The van der Waals surface area contributed by atoms with E-state index in [0.29, 0.717) is 19.7 Å². The Bertz CT molecular complexity index is 473. The second kappa shape index (κ2) is 7.88. The first kappa shape index (κ1) is 17.3. The van der Waals surface area contributed by atoms with Crippen LogP contribution in [0.3, 0.4) is 0 Å². The van der Waals surface area contributed by atoms with Gasteiger partial charge in [-0.25, -0.2) is 0 Å². The zero-order valence-electron chi connectivity index (χ0n) is 13.6. The van der Waals surface area contributed by atoms with E-state index in [-0.39, 0.29) is 5.91 Å². The highest BCUT2D eigenvalue weighted by atomic mass is 16.5. The van der Waals surface area contributed by atoms with Crippen LogP contribution in [-0.2, 0) is 11.3 Å². The van der Waals surface area contributed by atoms with Crippen LogP contribution in [0.2, 0.25) is 0 Å². The normalized spacial score (nSPS) is 11.1.